The topological polar surface area (TPSA) is 64.6 Å². The minimum atomic E-state index is -0.744. The Bertz CT molecular complexity index is 879. The summed E-state index contributed by atoms with van der Waals surface area (Å²) in [5, 5.41) is 3.95. The molecule has 1 heterocycles. The first-order valence-electron chi connectivity index (χ1n) is 9.38. The molecule has 0 aliphatic heterocycles. The lowest BCUT2D eigenvalue weighted by molar-refractivity contribution is -0.122. The van der Waals surface area contributed by atoms with Gasteiger partial charge in [0, 0.05) is 9.90 Å². The summed E-state index contributed by atoms with van der Waals surface area (Å²) >= 11 is 7.43. The van der Waals surface area contributed by atoms with Gasteiger partial charge < -0.3 is 14.8 Å². The molecule has 5 nitrogen and oxygen atoms in total. The van der Waals surface area contributed by atoms with E-state index < -0.39 is 12.1 Å². The van der Waals surface area contributed by atoms with Gasteiger partial charge in [0.1, 0.15) is 10.8 Å². The van der Waals surface area contributed by atoms with E-state index in [9.17, 15) is 9.59 Å². The Morgan fingerprint density at radius 3 is 2.86 bits per heavy atom. The molecule has 0 saturated heterocycles. The van der Waals surface area contributed by atoms with Crippen LogP contribution >= 0.6 is 22.9 Å². The number of carbonyl (C=O) groups is 2. The van der Waals surface area contributed by atoms with Crippen molar-refractivity contribution in [1.29, 1.82) is 0 Å². The minimum absolute atomic E-state index is 0.323. The summed E-state index contributed by atoms with van der Waals surface area (Å²) in [6, 6.07) is 6.89. The van der Waals surface area contributed by atoms with Crippen molar-refractivity contribution in [2.45, 2.75) is 45.6 Å². The van der Waals surface area contributed by atoms with Gasteiger partial charge in [0.25, 0.3) is 5.91 Å². The molecule has 28 heavy (non-hydrogen) atoms. The molecule has 0 radical (unpaired) electrons. The summed E-state index contributed by atoms with van der Waals surface area (Å²) < 4.78 is 10.7. The van der Waals surface area contributed by atoms with E-state index in [1.807, 2.05) is 0 Å². The second-order valence-electron chi connectivity index (χ2n) is 6.92. The monoisotopic (exact) mass is 421 g/mol. The second-order valence-corrected chi connectivity index (χ2v) is 8.46. The van der Waals surface area contributed by atoms with Crippen LogP contribution in [0.5, 0.6) is 5.75 Å². The van der Waals surface area contributed by atoms with Gasteiger partial charge in [-0.05, 0) is 55.9 Å². The molecule has 150 valence electrons. The molecule has 2 atom stereocenters. The van der Waals surface area contributed by atoms with Gasteiger partial charge in [-0.2, -0.15) is 0 Å². The van der Waals surface area contributed by atoms with Crippen molar-refractivity contribution >= 4 is 39.8 Å². The quantitative estimate of drug-likeness (QED) is 0.658. The largest absolute Gasteiger partial charge is 0.481 e. The van der Waals surface area contributed by atoms with Gasteiger partial charge in [-0.1, -0.05) is 31.0 Å². The zero-order valence-corrected chi connectivity index (χ0v) is 17.8. The molecule has 0 saturated carbocycles. The highest BCUT2D eigenvalue weighted by Gasteiger charge is 2.30. The van der Waals surface area contributed by atoms with E-state index in [1.54, 1.807) is 31.2 Å². The average Bonchev–Trinajstić information content (AvgIpc) is 3.04. The number of ether oxygens (including phenoxy) is 2. The van der Waals surface area contributed by atoms with Gasteiger partial charge in [0.05, 0.1) is 12.7 Å². The summed E-state index contributed by atoms with van der Waals surface area (Å²) in [6.45, 7) is 3.84. The molecule has 7 heteroatoms. The smallest absolute Gasteiger partial charge is 0.341 e. The lowest BCUT2D eigenvalue weighted by Crippen LogP contribution is -2.30. The number of methoxy groups -OCH3 is 1. The van der Waals surface area contributed by atoms with Crippen LogP contribution in [0.15, 0.2) is 24.3 Å². The van der Waals surface area contributed by atoms with E-state index in [0.29, 0.717) is 27.3 Å². The molecule has 0 fully saturated rings. The summed E-state index contributed by atoms with van der Waals surface area (Å²) in [7, 11) is 1.36. The SMILES string of the molecule is CC[C@H]1CCc2c(sc(NC(=O)[C@H](C)Oc3cccc(Cl)c3)c2C(=O)OC)C1. The maximum absolute atomic E-state index is 12.7. The fourth-order valence-corrected chi connectivity index (χ4v) is 4.95. The van der Waals surface area contributed by atoms with Gasteiger partial charge in [-0.3, -0.25) is 4.79 Å². The fourth-order valence-electron chi connectivity index (χ4n) is 3.42. The van der Waals surface area contributed by atoms with Crippen molar-refractivity contribution in [3.8, 4) is 5.75 Å². The van der Waals surface area contributed by atoms with Gasteiger partial charge in [-0.15, -0.1) is 11.3 Å². The number of esters is 1. The molecule has 0 unspecified atom stereocenters. The van der Waals surface area contributed by atoms with Gasteiger partial charge in [0.15, 0.2) is 6.10 Å². The Morgan fingerprint density at radius 1 is 1.39 bits per heavy atom. The van der Waals surface area contributed by atoms with E-state index in [0.717, 1.165) is 36.1 Å². The predicted molar refractivity (Wildman–Crippen MR) is 112 cm³/mol. The number of halogens is 1. The van der Waals surface area contributed by atoms with Crippen LogP contribution in [-0.4, -0.2) is 25.1 Å². The lowest BCUT2D eigenvalue weighted by Gasteiger charge is -2.20. The fraction of sp³-hybridized carbons (Fsp3) is 0.429. The first-order chi connectivity index (χ1) is 13.4. The molecule has 2 aromatic rings. The van der Waals surface area contributed by atoms with Crippen LogP contribution in [0, 0.1) is 5.92 Å². The Labute approximate surface area is 174 Å². The molecular weight excluding hydrogens is 398 g/mol. The second kappa shape index (κ2) is 8.97. The molecule has 0 spiro atoms. The van der Waals surface area contributed by atoms with Crippen LogP contribution in [-0.2, 0) is 22.4 Å². The first kappa shape index (κ1) is 20.7. The van der Waals surface area contributed by atoms with Crippen molar-refractivity contribution in [3.05, 3.63) is 45.3 Å². The first-order valence-corrected chi connectivity index (χ1v) is 10.6. The molecule has 1 amide bonds. The molecular formula is C21H24ClNO4S. The normalized spacial score (nSPS) is 16.8. The summed E-state index contributed by atoms with van der Waals surface area (Å²) in [5.41, 5.74) is 1.50. The van der Waals surface area contributed by atoms with E-state index >= 15 is 0 Å². The summed E-state index contributed by atoms with van der Waals surface area (Å²) in [4.78, 5) is 26.2. The molecule has 3 rings (SSSR count). The zero-order chi connectivity index (χ0) is 20.3. The molecule has 1 aromatic carbocycles. The van der Waals surface area contributed by atoms with E-state index in [2.05, 4.69) is 12.2 Å². The molecule has 1 N–H and O–H groups in total. The highest BCUT2D eigenvalue weighted by Crippen LogP contribution is 2.40. The Morgan fingerprint density at radius 2 is 2.18 bits per heavy atom. The van der Waals surface area contributed by atoms with Crippen LogP contribution in [0.3, 0.4) is 0 Å². The number of thiophene rings is 1. The van der Waals surface area contributed by atoms with Crippen molar-refractivity contribution in [2.24, 2.45) is 5.92 Å². The van der Waals surface area contributed by atoms with E-state index in [1.165, 1.54) is 18.4 Å². The van der Waals surface area contributed by atoms with Gasteiger partial charge in [0.2, 0.25) is 0 Å². The molecule has 1 aliphatic carbocycles. The number of nitrogens with one attached hydrogen (secondary N) is 1. The van der Waals surface area contributed by atoms with E-state index in [4.69, 9.17) is 21.1 Å². The summed E-state index contributed by atoms with van der Waals surface area (Å²) in [6.07, 6.45) is 3.18. The van der Waals surface area contributed by atoms with Crippen molar-refractivity contribution < 1.29 is 19.1 Å². The Hall–Kier alpha value is -2.05. The van der Waals surface area contributed by atoms with Crippen LogP contribution in [0.25, 0.3) is 0 Å². The molecule has 1 aromatic heterocycles. The third-order valence-corrected chi connectivity index (χ3v) is 6.45. The van der Waals surface area contributed by atoms with Crippen molar-refractivity contribution in [3.63, 3.8) is 0 Å². The van der Waals surface area contributed by atoms with Crippen LogP contribution < -0.4 is 10.1 Å². The van der Waals surface area contributed by atoms with Crippen LogP contribution in [0.2, 0.25) is 5.02 Å². The third-order valence-electron chi connectivity index (χ3n) is 5.05. The number of fused-ring (bicyclic) bond motifs is 1. The number of hydrogen-bond acceptors (Lipinski definition) is 5. The molecule has 0 bridgehead atoms. The maximum atomic E-state index is 12.7. The Kier molecular flexibility index (Phi) is 6.62. The standard InChI is InChI=1S/C21H24ClNO4S/c1-4-13-8-9-16-17(10-13)28-20(18(16)21(25)26-3)23-19(24)12(2)27-15-7-5-6-14(22)11-15/h5-7,11-13H,4,8-10H2,1-3H3,(H,23,24)/t12-,13-/m0/s1. The zero-order valence-electron chi connectivity index (χ0n) is 16.2. The number of rotatable bonds is 6. The van der Waals surface area contributed by atoms with Crippen LogP contribution in [0.4, 0.5) is 5.00 Å². The van der Waals surface area contributed by atoms with E-state index in [-0.39, 0.29) is 5.91 Å². The maximum Gasteiger partial charge on any atom is 0.341 e. The predicted octanol–water partition coefficient (Wildman–Crippen LogP) is 5.11. The average molecular weight is 422 g/mol. The number of hydrogen-bond donors (Lipinski definition) is 1. The Balaban J connectivity index is 1.79. The van der Waals surface area contributed by atoms with Crippen molar-refractivity contribution in [1.82, 2.24) is 0 Å². The number of benzene rings is 1. The molecule has 1 aliphatic rings. The minimum Gasteiger partial charge on any atom is -0.481 e. The number of anilines is 1. The highest BCUT2D eigenvalue weighted by atomic mass is 35.5. The summed E-state index contributed by atoms with van der Waals surface area (Å²) in [5.74, 6) is 0.395. The third kappa shape index (κ3) is 4.50. The van der Waals surface area contributed by atoms with Crippen LogP contribution in [0.1, 0.15) is 47.5 Å². The number of carbonyl (C=O) groups excluding carboxylic acids is 2. The lowest BCUT2D eigenvalue weighted by atomic mass is 9.85. The highest BCUT2D eigenvalue weighted by molar-refractivity contribution is 7.17. The van der Waals surface area contributed by atoms with Gasteiger partial charge >= 0.3 is 5.97 Å². The number of amides is 1. The van der Waals surface area contributed by atoms with Gasteiger partial charge in [-0.25, -0.2) is 4.79 Å². The van der Waals surface area contributed by atoms with Crippen molar-refractivity contribution in [2.75, 3.05) is 12.4 Å².